The number of unbranched alkanes of at least 4 members (excludes halogenated alkanes) is 1. The van der Waals surface area contributed by atoms with Crippen molar-refractivity contribution in [2.75, 3.05) is 76.5 Å². The number of aliphatic carboxylic acids is 2. The normalized spacial score (nSPS) is 15.4. The Hall–Kier alpha value is -4.73. The van der Waals surface area contributed by atoms with Crippen LogP contribution in [0.4, 0.5) is 16.2 Å². The predicted molar refractivity (Wildman–Crippen MR) is 199 cm³/mol. The lowest BCUT2D eigenvalue weighted by Gasteiger charge is -2.26. The van der Waals surface area contributed by atoms with Crippen molar-refractivity contribution in [1.29, 1.82) is 0 Å². The number of ether oxygens (including phenoxy) is 1. The molecule has 0 radical (unpaired) electrons. The van der Waals surface area contributed by atoms with E-state index in [4.69, 9.17) is 10.5 Å². The monoisotopic (exact) mass is 725 g/mol. The lowest BCUT2D eigenvalue weighted by molar-refractivity contribution is -0.140. The highest BCUT2D eigenvalue weighted by molar-refractivity contribution is 5.98. The summed E-state index contributed by atoms with van der Waals surface area (Å²) in [6, 6.07) is 10.6. The van der Waals surface area contributed by atoms with Crippen LogP contribution in [0.15, 0.2) is 36.4 Å². The topological polar surface area (TPSA) is 207 Å². The van der Waals surface area contributed by atoms with E-state index >= 15 is 0 Å². The van der Waals surface area contributed by atoms with Gasteiger partial charge in [-0.15, -0.1) is 0 Å². The number of nitrogens with one attached hydrogen (secondary N) is 3. The van der Waals surface area contributed by atoms with E-state index < -0.39 is 41.5 Å². The highest BCUT2D eigenvalue weighted by Crippen LogP contribution is 2.27. The fraction of sp³-hybridized carbons (Fsp3) is 0.541. The Kier molecular flexibility index (Phi) is 15.8. The molecule has 0 saturated carbocycles. The summed E-state index contributed by atoms with van der Waals surface area (Å²) in [5.41, 5.74) is 10.4. The molecule has 1 aliphatic rings. The number of aryl methyl sites for hydroxylation is 2. The smallest absolute Gasteiger partial charge is 0.407 e. The van der Waals surface area contributed by atoms with Crippen LogP contribution in [0, 0.1) is 13.8 Å². The van der Waals surface area contributed by atoms with Gasteiger partial charge in [0, 0.05) is 57.2 Å². The maximum absolute atomic E-state index is 13.7. The average Bonchev–Trinajstić information content (AvgIpc) is 3.12. The van der Waals surface area contributed by atoms with Gasteiger partial charge >= 0.3 is 18.0 Å². The van der Waals surface area contributed by atoms with E-state index in [1.165, 1.54) is 0 Å². The molecule has 0 bridgehead atoms. The van der Waals surface area contributed by atoms with Gasteiger partial charge in [0.1, 0.15) is 11.6 Å². The molecule has 0 spiro atoms. The number of amides is 3. The number of alkyl carbamates (subject to hydrolysis) is 1. The minimum atomic E-state index is -0.992. The molecule has 1 atom stereocenters. The number of hydrogen-bond donors (Lipinski definition) is 6. The second-order valence-electron chi connectivity index (χ2n) is 14.3. The standard InChI is InChI=1S/C37H55N7O8/c1-25-20-27(9-11-29(25)38)28-10-12-30(26(2)21-28)41-35(50)31(8-6-7-13-39-36(51)52-37(3,4)5)40-32(45)22-42-14-16-43(23-33(46)47)18-19-44(17-15-42)24-34(48)49/h9-12,20-21,31H,6-8,13-19,22-24,38H2,1-5H3,(H,39,51)(H,40,45)(H,41,50)(H,46,47)(H,48,49). The van der Waals surface area contributed by atoms with Crippen LogP contribution in [0.25, 0.3) is 11.1 Å². The molecule has 3 rings (SSSR count). The number of nitrogens with zero attached hydrogens (tertiary/aromatic N) is 3. The molecular formula is C37H55N7O8. The highest BCUT2D eigenvalue weighted by atomic mass is 16.6. The molecule has 52 heavy (non-hydrogen) atoms. The van der Waals surface area contributed by atoms with Crippen LogP contribution < -0.4 is 21.7 Å². The summed E-state index contributed by atoms with van der Waals surface area (Å²) in [4.78, 5) is 67.4. The predicted octanol–water partition coefficient (Wildman–Crippen LogP) is 2.76. The minimum absolute atomic E-state index is 0.0689. The molecule has 1 fully saturated rings. The highest BCUT2D eigenvalue weighted by Gasteiger charge is 2.25. The summed E-state index contributed by atoms with van der Waals surface area (Å²) in [7, 11) is 0. The van der Waals surface area contributed by atoms with E-state index in [-0.39, 0.29) is 19.6 Å². The molecular weight excluding hydrogens is 670 g/mol. The fourth-order valence-electron chi connectivity index (χ4n) is 5.79. The molecule has 3 amide bonds. The third-order valence-electron chi connectivity index (χ3n) is 8.61. The molecule has 1 unspecified atom stereocenters. The molecule has 1 aliphatic heterocycles. The second-order valence-corrected chi connectivity index (χ2v) is 14.3. The molecule has 2 aromatic carbocycles. The van der Waals surface area contributed by atoms with Gasteiger partial charge in [-0.25, -0.2) is 4.79 Å². The first-order chi connectivity index (χ1) is 24.5. The summed E-state index contributed by atoms with van der Waals surface area (Å²) >= 11 is 0. The van der Waals surface area contributed by atoms with Gasteiger partial charge in [0.2, 0.25) is 11.8 Å². The van der Waals surface area contributed by atoms with E-state index in [0.717, 1.165) is 22.3 Å². The van der Waals surface area contributed by atoms with Gasteiger partial charge in [-0.05, 0) is 100 Å². The zero-order valence-electron chi connectivity index (χ0n) is 31.0. The van der Waals surface area contributed by atoms with Gasteiger partial charge in [0.25, 0.3) is 0 Å². The van der Waals surface area contributed by atoms with Gasteiger partial charge in [-0.3, -0.25) is 33.9 Å². The molecule has 2 aromatic rings. The third-order valence-corrected chi connectivity index (χ3v) is 8.61. The summed E-state index contributed by atoms with van der Waals surface area (Å²) in [5.74, 6) is -2.77. The maximum Gasteiger partial charge on any atom is 0.407 e. The number of anilines is 2. The van der Waals surface area contributed by atoms with Crippen molar-refractivity contribution in [3.05, 3.63) is 47.5 Å². The number of carboxylic acid groups (broad SMARTS) is 2. The van der Waals surface area contributed by atoms with Gasteiger partial charge in [0.15, 0.2) is 0 Å². The number of hydrogen-bond acceptors (Lipinski definition) is 10. The van der Waals surface area contributed by atoms with E-state index in [9.17, 15) is 34.2 Å². The van der Waals surface area contributed by atoms with Gasteiger partial charge < -0.3 is 36.6 Å². The molecule has 15 nitrogen and oxygen atoms in total. The van der Waals surface area contributed by atoms with Crippen LogP contribution in [-0.4, -0.2) is 132 Å². The van der Waals surface area contributed by atoms with Gasteiger partial charge in [-0.2, -0.15) is 0 Å². The number of benzene rings is 2. The SMILES string of the molecule is Cc1cc(-c2ccc(NC(=O)C(CCCCNC(=O)OC(C)(C)C)NC(=O)CN3CCN(CC(=O)O)CCN(CC(=O)O)CC3)c(C)c2)ccc1N. The molecule has 1 heterocycles. The Morgan fingerprint density at radius 3 is 1.81 bits per heavy atom. The van der Waals surface area contributed by atoms with E-state index in [0.29, 0.717) is 76.5 Å². The van der Waals surface area contributed by atoms with Crippen molar-refractivity contribution in [3.8, 4) is 11.1 Å². The number of carboxylic acids is 2. The largest absolute Gasteiger partial charge is 0.480 e. The van der Waals surface area contributed by atoms with Crippen LogP contribution in [0.5, 0.6) is 0 Å². The summed E-state index contributed by atoms with van der Waals surface area (Å²) in [6.07, 6.45) is 0.823. The number of nitrogen functional groups attached to an aromatic ring is 1. The van der Waals surface area contributed by atoms with E-state index in [1.54, 1.807) is 30.6 Å². The van der Waals surface area contributed by atoms with Crippen molar-refractivity contribution in [1.82, 2.24) is 25.3 Å². The molecule has 0 aromatic heterocycles. The Bertz CT molecular complexity index is 1530. The molecule has 15 heteroatoms. The number of carbonyl (C=O) groups excluding carboxylic acids is 3. The van der Waals surface area contributed by atoms with Crippen LogP contribution >= 0.6 is 0 Å². The van der Waals surface area contributed by atoms with Crippen molar-refractivity contribution < 1.29 is 38.9 Å². The Balaban J connectivity index is 1.71. The summed E-state index contributed by atoms with van der Waals surface area (Å²) < 4.78 is 5.28. The maximum atomic E-state index is 13.7. The first-order valence-electron chi connectivity index (χ1n) is 17.6. The first kappa shape index (κ1) is 41.7. The lowest BCUT2D eigenvalue weighted by atomic mass is 10.00. The van der Waals surface area contributed by atoms with Crippen molar-refractivity contribution in [2.45, 2.75) is 65.5 Å². The zero-order chi connectivity index (χ0) is 38.4. The van der Waals surface area contributed by atoms with Crippen LogP contribution in [0.2, 0.25) is 0 Å². The fourth-order valence-corrected chi connectivity index (χ4v) is 5.79. The Morgan fingerprint density at radius 1 is 0.788 bits per heavy atom. The van der Waals surface area contributed by atoms with Crippen LogP contribution in [0.1, 0.15) is 51.2 Å². The number of rotatable bonds is 15. The van der Waals surface area contributed by atoms with Crippen molar-refractivity contribution >= 4 is 41.2 Å². The van der Waals surface area contributed by atoms with Crippen LogP contribution in [-0.2, 0) is 23.9 Å². The molecule has 0 aliphatic carbocycles. The minimum Gasteiger partial charge on any atom is -0.480 e. The Labute approximate surface area is 305 Å². The van der Waals surface area contributed by atoms with Crippen LogP contribution in [0.3, 0.4) is 0 Å². The molecule has 286 valence electrons. The summed E-state index contributed by atoms with van der Waals surface area (Å²) in [6.45, 7) is 11.3. The number of carbonyl (C=O) groups is 5. The average molecular weight is 726 g/mol. The van der Waals surface area contributed by atoms with Crippen molar-refractivity contribution in [3.63, 3.8) is 0 Å². The van der Waals surface area contributed by atoms with E-state index in [1.807, 2.05) is 55.1 Å². The summed E-state index contributed by atoms with van der Waals surface area (Å²) in [5, 5.41) is 27.3. The first-order valence-corrected chi connectivity index (χ1v) is 17.6. The molecule has 7 N–H and O–H groups in total. The Morgan fingerprint density at radius 2 is 1.31 bits per heavy atom. The zero-order valence-corrected chi connectivity index (χ0v) is 31.0. The van der Waals surface area contributed by atoms with Crippen molar-refractivity contribution in [2.24, 2.45) is 0 Å². The van der Waals surface area contributed by atoms with E-state index in [2.05, 4.69) is 16.0 Å². The van der Waals surface area contributed by atoms with Gasteiger partial charge in [0.05, 0.1) is 19.6 Å². The van der Waals surface area contributed by atoms with Gasteiger partial charge in [-0.1, -0.05) is 12.1 Å². The number of nitrogens with two attached hydrogens (primary N) is 1. The molecule has 1 saturated heterocycles. The quantitative estimate of drug-likeness (QED) is 0.116. The second kappa shape index (κ2) is 19.8. The lowest BCUT2D eigenvalue weighted by Crippen LogP contribution is -2.49. The third kappa shape index (κ3) is 14.9.